The fraction of sp³-hybridized carbons (Fsp3) is 0.906. The summed E-state index contributed by atoms with van der Waals surface area (Å²) in [6.45, 7) is 23.1. The van der Waals surface area contributed by atoms with Gasteiger partial charge in [-0.3, -0.25) is 4.79 Å². The Kier molecular flexibility index (Phi) is 5.78. The largest absolute Gasteiger partial charge is 0.462 e. The van der Waals surface area contributed by atoms with Crippen molar-refractivity contribution in [3.05, 3.63) is 12.2 Å². The van der Waals surface area contributed by atoms with Gasteiger partial charge in [0.05, 0.1) is 6.10 Å². The lowest BCUT2D eigenvalue weighted by atomic mass is 9.32. The first-order chi connectivity index (χ1) is 16.1. The number of fused-ring (bicyclic) bond motifs is 7. The molecule has 1 N–H and O–H groups in total. The van der Waals surface area contributed by atoms with Crippen molar-refractivity contribution in [3.8, 4) is 0 Å². The highest BCUT2D eigenvalue weighted by Crippen LogP contribution is 2.77. The topological polar surface area (TPSA) is 46.5 Å². The summed E-state index contributed by atoms with van der Waals surface area (Å²) in [5.41, 5.74) is 2.17. The molecule has 0 spiro atoms. The van der Waals surface area contributed by atoms with E-state index in [1.165, 1.54) is 57.4 Å². The Bertz CT molecular complexity index is 906. The van der Waals surface area contributed by atoms with Crippen LogP contribution in [0.3, 0.4) is 0 Å². The summed E-state index contributed by atoms with van der Waals surface area (Å²) in [4.78, 5) is 11.9. The second-order valence-corrected chi connectivity index (χ2v) is 15.4. The number of allylic oxidation sites excluding steroid dienone is 1. The van der Waals surface area contributed by atoms with E-state index < -0.39 is 6.10 Å². The molecule has 198 valence electrons. The Morgan fingerprint density at radius 3 is 2.17 bits per heavy atom. The molecule has 5 aliphatic rings. The van der Waals surface area contributed by atoms with Crippen LogP contribution in [0, 0.1) is 56.7 Å². The number of ether oxygens (including phenoxy) is 1. The molecular formula is C32H52O3. The van der Waals surface area contributed by atoms with E-state index in [1.54, 1.807) is 0 Å². The Hall–Kier alpha value is -0.830. The zero-order valence-electron chi connectivity index (χ0n) is 23.9. The second-order valence-electron chi connectivity index (χ2n) is 15.4. The SMILES string of the molecule is C=C(C)[C@@H]1CC[C@]2(C)CC[C@]3(C)[C@H](CC[C@@H]4[C@@]5(C)[C@H](O)C[C@@H](OC(C)=O)C(C)(C)[C@H]5CC[C@]43C)[C@@H]12. The minimum absolute atomic E-state index is 0.125. The zero-order chi connectivity index (χ0) is 25.8. The van der Waals surface area contributed by atoms with Gasteiger partial charge in [-0.1, -0.05) is 53.7 Å². The first kappa shape index (κ1) is 25.8. The van der Waals surface area contributed by atoms with Crippen LogP contribution in [0.4, 0.5) is 0 Å². The molecule has 0 amide bonds. The number of hydrogen-bond donors (Lipinski definition) is 1. The summed E-state index contributed by atoms with van der Waals surface area (Å²) in [7, 11) is 0. The van der Waals surface area contributed by atoms with Gasteiger partial charge >= 0.3 is 5.97 Å². The molecule has 0 aromatic carbocycles. The molecule has 5 rings (SSSR count). The molecule has 0 radical (unpaired) electrons. The summed E-state index contributed by atoms with van der Waals surface area (Å²) in [5, 5.41) is 11.8. The fourth-order valence-corrected chi connectivity index (χ4v) is 11.8. The molecule has 0 bridgehead atoms. The predicted molar refractivity (Wildman–Crippen MR) is 142 cm³/mol. The molecule has 5 fully saturated rings. The number of carbonyl (C=O) groups is 1. The molecule has 3 heteroatoms. The van der Waals surface area contributed by atoms with E-state index in [4.69, 9.17) is 4.74 Å². The van der Waals surface area contributed by atoms with Gasteiger partial charge in [-0.25, -0.2) is 0 Å². The Labute approximate surface area is 214 Å². The Morgan fingerprint density at radius 1 is 0.857 bits per heavy atom. The summed E-state index contributed by atoms with van der Waals surface area (Å²) < 4.78 is 5.82. The van der Waals surface area contributed by atoms with Crippen LogP contribution in [-0.4, -0.2) is 23.3 Å². The third-order valence-corrected chi connectivity index (χ3v) is 13.9. The molecule has 0 aromatic rings. The Morgan fingerprint density at radius 2 is 1.54 bits per heavy atom. The summed E-state index contributed by atoms with van der Waals surface area (Å²) in [5.74, 6) is 2.86. The molecule has 0 aromatic heterocycles. The van der Waals surface area contributed by atoms with Crippen LogP contribution in [0.2, 0.25) is 0 Å². The second kappa shape index (κ2) is 7.84. The Balaban J connectivity index is 1.53. The summed E-state index contributed by atoms with van der Waals surface area (Å²) in [6.07, 6.45) is 10.2. The molecule has 0 heterocycles. The minimum Gasteiger partial charge on any atom is -0.462 e. The van der Waals surface area contributed by atoms with Crippen LogP contribution < -0.4 is 0 Å². The van der Waals surface area contributed by atoms with E-state index in [9.17, 15) is 9.90 Å². The van der Waals surface area contributed by atoms with Crippen molar-refractivity contribution in [1.82, 2.24) is 0 Å². The van der Waals surface area contributed by atoms with Crippen molar-refractivity contribution < 1.29 is 14.6 Å². The number of hydrogen-bond acceptors (Lipinski definition) is 3. The zero-order valence-corrected chi connectivity index (χ0v) is 23.9. The van der Waals surface area contributed by atoms with Gasteiger partial charge in [0, 0.05) is 24.2 Å². The van der Waals surface area contributed by atoms with E-state index in [-0.39, 0.29) is 28.3 Å². The van der Waals surface area contributed by atoms with E-state index in [2.05, 4.69) is 55.0 Å². The summed E-state index contributed by atoms with van der Waals surface area (Å²) >= 11 is 0. The van der Waals surface area contributed by atoms with Crippen LogP contribution in [0.1, 0.15) is 113 Å². The van der Waals surface area contributed by atoms with Gasteiger partial charge in [0.1, 0.15) is 6.10 Å². The van der Waals surface area contributed by atoms with Gasteiger partial charge in [0.25, 0.3) is 0 Å². The first-order valence-electron chi connectivity index (χ1n) is 14.6. The van der Waals surface area contributed by atoms with Crippen LogP contribution in [-0.2, 0) is 9.53 Å². The molecule has 3 nitrogen and oxygen atoms in total. The molecular weight excluding hydrogens is 432 g/mol. The van der Waals surface area contributed by atoms with Crippen LogP contribution in [0.25, 0.3) is 0 Å². The number of rotatable bonds is 2. The maximum absolute atomic E-state index is 11.9. The molecule has 35 heavy (non-hydrogen) atoms. The van der Waals surface area contributed by atoms with Gasteiger partial charge in [-0.15, -0.1) is 0 Å². The third-order valence-electron chi connectivity index (χ3n) is 13.9. The third kappa shape index (κ3) is 3.21. The minimum atomic E-state index is -0.418. The normalized spacial score (nSPS) is 54.6. The highest BCUT2D eigenvalue weighted by atomic mass is 16.5. The van der Waals surface area contributed by atoms with Crippen molar-refractivity contribution in [2.45, 2.75) is 125 Å². The molecule has 0 aliphatic heterocycles. The lowest BCUT2D eigenvalue weighted by Crippen LogP contribution is -2.69. The smallest absolute Gasteiger partial charge is 0.302 e. The monoisotopic (exact) mass is 484 g/mol. The van der Waals surface area contributed by atoms with E-state index in [0.29, 0.717) is 35.0 Å². The van der Waals surface area contributed by atoms with Crippen molar-refractivity contribution >= 4 is 5.97 Å². The molecule has 11 atom stereocenters. The van der Waals surface area contributed by atoms with E-state index >= 15 is 0 Å². The van der Waals surface area contributed by atoms with Crippen molar-refractivity contribution in [2.75, 3.05) is 0 Å². The lowest BCUT2D eigenvalue weighted by Gasteiger charge is -2.73. The van der Waals surface area contributed by atoms with Gasteiger partial charge in [0.15, 0.2) is 0 Å². The number of aliphatic hydroxyl groups excluding tert-OH is 1. The van der Waals surface area contributed by atoms with Gasteiger partial charge in [-0.05, 0) is 104 Å². The van der Waals surface area contributed by atoms with Gasteiger partial charge in [0.2, 0.25) is 0 Å². The molecule has 5 saturated carbocycles. The first-order valence-corrected chi connectivity index (χ1v) is 14.6. The maximum atomic E-state index is 11.9. The molecule has 5 aliphatic carbocycles. The average Bonchev–Trinajstić information content (AvgIpc) is 3.10. The van der Waals surface area contributed by atoms with E-state index in [1.807, 2.05) is 0 Å². The molecule has 0 unspecified atom stereocenters. The predicted octanol–water partition coefficient (Wildman–Crippen LogP) is 7.57. The van der Waals surface area contributed by atoms with Crippen LogP contribution >= 0.6 is 0 Å². The number of aliphatic hydroxyl groups is 1. The van der Waals surface area contributed by atoms with Crippen molar-refractivity contribution in [1.29, 1.82) is 0 Å². The number of carbonyl (C=O) groups excluding carboxylic acids is 1. The van der Waals surface area contributed by atoms with E-state index in [0.717, 1.165) is 18.3 Å². The van der Waals surface area contributed by atoms with Crippen LogP contribution in [0.5, 0.6) is 0 Å². The van der Waals surface area contributed by atoms with Gasteiger partial charge < -0.3 is 9.84 Å². The van der Waals surface area contributed by atoms with Crippen molar-refractivity contribution in [3.63, 3.8) is 0 Å². The van der Waals surface area contributed by atoms with Crippen molar-refractivity contribution in [2.24, 2.45) is 56.7 Å². The van der Waals surface area contributed by atoms with Crippen LogP contribution in [0.15, 0.2) is 12.2 Å². The number of esters is 1. The fourth-order valence-electron chi connectivity index (χ4n) is 11.8. The lowest BCUT2D eigenvalue weighted by molar-refractivity contribution is -0.275. The highest BCUT2D eigenvalue weighted by molar-refractivity contribution is 5.66. The average molecular weight is 485 g/mol. The molecule has 0 saturated heterocycles. The summed E-state index contributed by atoms with van der Waals surface area (Å²) in [6, 6.07) is 0. The maximum Gasteiger partial charge on any atom is 0.302 e. The quantitative estimate of drug-likeness (QED) is 0.325. The van der Waals surface area contributed by atoms with Gasteiger partial charge in [-0.2, -0.15) is 0 Å². The standard InChI is InChI=1S/C32H52O3/c1-19(2)21-12-14-29(6)16-17-30(7)22(27(21)29)10-11-24-31(30,8)15-13-23-28(4,5)26(35-20(3)33)18-25(34)32(23,24)9/h21-27,34H,1,10-18H2,2-9H3/t21-,22+,23+,24-,25+,26+,27+,29+,30+,31+,32-/m0/s1. The highest BCUT2D eigenvalue weighted by Gasteiger charge is 2.72.